The number of hydrogen-bond donors (Lipinski definition) is 0. The SMILES string of the molecule is O=C(c1cc(-c2ccccc2)nc2cc(-c3ccccc3)nn12)N1CCCC1. The molecule has 0 unspecified atom stereocenters. The highest BCUT2D eigenvalue weighted by molar-refractivity contribution is 5.94. The van der Waals surface area contributed by atoms with Crippen molar-refractivity contribution in [2.75, 3.05) is 13.1 Å². The fraction of sp³-hybridized carbons (Fsp3) is 0.174. The molecule has 1 fully saturated rings. The lowest BCUT2D eigenvalue weighted by Crippen LogP contribution is -2.29. The van der Waals surface area contributed by atoms with E-state index >= 15 is 0 Å². The molecular formula is C23H20N4O. The van der Waals surface area contributed by atoms with Crippen LogP contribution in [0.3, 0.4) is 0 Å². The molecule has 28 heavy (non-hydrogen) atoms. The molecule has 2 aromatic heterocycles. The Morgan fingerprint density at radius 2 is 1.39 bits per heavy atom. The van der Waals surface area contributed by atoms with Crippen LogP contribution in [0, 0.1) is 0 Å². The third kappa shape index (κ3) is 2.95. The van der Waals surface area contributed by atoms with Gasteiger partial charge in [-0.05, 0) is 18.9 Å². The number of carbonyl (C=O) groups is 1. The molecule has 1 aliphatic rings. The van der Waals surface area contributed by atoms with Crippen molar-refractivity contribution in [1.29, 1.82) is 0 Å². The van der Waals surface area contributed by atoms with Crippen LogP contribution in [-0.4, -0.2) is 38.5 Å². The maximum Gasteiger partial charge on any atom is 0.272 e. The van der Waals surface area contributed by atoms with Gasteiger partial charge in [0.05, 0.1) is 11.4 Å². The second-order valence-electron chi connectivity index (χ2n) is 7.06. The molecule has 0 bridgehead atoms. The molecule has 0 atom stereocenters. The average Bonchev–Trinajstić information content (AvgIpc) is 3.44. The number of aromatic nitrogens is 3. The number of hydrogen-bond acceptors (Lipinski definition) is 3. The van der Waals surface area contributed by atoms with Gasteiger partial charge in [0.25, 0.3) is 5.91 Å². The highest BCUT2D eigenvalue weighted by Crippen LogP contribution is 2.25. The molecule has 0 N–H and O–H groups in total. The van der Waals surface area contributed by atoms with Crippen molar-refractivity contribution in [3.63, 3.8) is 0 Å². The first kappa shape index (κ1) is 16.7. The van der Waals surface area contributed by atoms with E-state index in [-0.39, 0.29) is 5.91 Å². The number of benzene rings is 2. The molecule has 0 spiro atoms. The summed E-state index contributed by atoms with van der Waals surface area (Å²) in [5, 5.41) is 4.72. The van der Waals surface area contributed by atoms with E-state index in [9.17, 15) is 4.79 Å². The predicted molar refractivity (Wildman–Crippen MR) is 109 cm³/mol. The molecule has 5 rings (SSSR count). The van der Waals surface area contributed by atoms with Crippen molar-refractivity contribution in [3.8, 4) is 22.5 Å². The number of likely N-dealkylation sites (tertiary alicyclic amines) is 1. The summed E-state index contributed by atoms with van der Waals surface area (Å²) in [5.41, 5.74) is 4.84. The standard InChI is InChI=1S/C23H20N4O/c28-23(26-13-7-8-14-26)21-15-19(17-9-3-1-4-10-17)24-22-16-20(25-27(21)22)18-11-5-2-6-12-18/h1-6,9-12,15-16H,7-8,13-14H2. The van der Waals surface area contributed by atoms with Crippen LogP contribution in [0.1, 0.15) is 23.3 Å². The minimum atomic E-state index is 0.0183. The van der Waals surface area contributed by atoms with Crippen molar-refractivity contribution < 1.29 is 4.79 Å². The lowest BCUT2D eigenvalue weighted by atomic mass is 10.1. The Bertz CT molecular complexity index is 1130. The minimum Gasteiger partial charge on any atom is -0.337 e. The molecule has 0 radical (unpaired) electrons. The summed E-state index contributed by atoms with van der Waals surface area (Å²) in [6.45, 7) is 1.60. The molecule has 4 aromatic rings. The number of rotatable bonds is 3. The van der Waals surface area contributed by atoms with Gasteiger partial charge in [-0.25, -0.2) is 9.50 Å². The Balaban J connectivity index is 1.70. The lowest BCUT2D eigenvalue weighted by molar-refractivity contribution is 0.0784. The normalized spacial score (nSPS) is 13.9. The number of fused-ring (bicyclic) bond motifs is 1. The van der Waals surface area contributed by atoms with E-state index < -0.39 is 0 Å². The molecule has 0 aliphatic carbocycles. The van der Waals surface area contributed by atoms with Gasteiger partial charge in [-0.1, -0.05) is 60.7 Å². The molecule has 1 saturated heterocycles. The predicted octanol–water partition coefficient (Wildman–Crippen LogP) is 4.30. The second kappa shape index (κ2) is 6.93. The largest absolute Gasteiger partial charge is 0.337 e. The van der Waals surface area contributed by atoms with E-state index in [2.05, 4.69) is 0 Å². The van der Waals surface area contributed by atoms with Crippen LogP contribution >= 0.6 is 0 Å². The quantitative estimate of drug-likeness (QED) is 0.542. The van der Waals surface area contributed by atoms with Crippen LogP contribution in [0.5, 0.6) is 0 Å². The zero-order valence-corrected chi connectivity index (χ0v) is 15.5. The molecule has 1 aliphatic heterocycles. The van der Waals surface area contributed by atoms with Gasteiger partial charge in [-0.15, -0.1) is 0 Å². The first-order valence-electron chi connectivity index (χ1n) is 9.60. The zero-order valence-electron chi connectivity index (χ0n) is 15.5. The summed E-state index contributed by atoms with van der Waals surface area (Å²) < 4.78 is 1.69. The third-order valence-electron chi connectivity index (χ3n) is 5.18. The van der Waals surface area contributed by atoms with Gasteiger partial charge in [0.1, 0.15) is 5.69 Å². The van der Waals surface area contributed by atoms with Crippen molar-refractivity contribution in [2.45, 2.75) is 12.8 Å². The summed E-state index contributed by atoms with van der Waals surface area (Å²) in [7, 11) is 0. The molecule has 138 valence electrons. The van der Waals surface area contributed by atoms with Gasteiger partial charge < -0.3 is 4.90 Å². The fourth-order valence-corrected chi connectivity index (χ4v) is 3.72. The van der Waals surface area contributed by atoms with E-state index in [1.54, 1.807) is 4.52 Å². The van der Waals surface area contributed by atoms with Crippen LogP contribution in [0.4, 0.5) is 0 Å². The Kier molecular flexibility index (Phi) is 4.13. The van der Waals surface area contributed by atoms with E-state index in [1.807, 2.05) is 77.7 Å². The van der Waals surface area contributed by atoms with Crippen LogP contribution in [0.15, 0.2) is 72.8 Å². The Hall–Kier alpha value is -3.47. The first-order valence-corrected chi connectivity index (χ1v) is 9.60. The second-order valence-corrected chi connectivity index (χ2v) is 7.06. The van der Waals surface area contributed by atoms with Crippen LogP contribution < -0.4 is 0 Å². The zero-order chi connectivity index (χ0) is 18.9. The summed E-state index contributed by atoms with van der Waals surface area (Å²) in [4.78, 5) is 19.9. The molecule has 1 amide bonds. The van der Waals surface area contributed by atoms with E-state index in [0.29, 0.717) is 11.3 Å². The molecule has 5 heteroatoms. The van der Waals surface area contributed by atoms with E-state index in [0.717, 1.165) is 48.4 Å². The Morgan fingerprint density at radius 3 is 2.04 bits per heavy atom. The van der Waals surface area contributed by atoms with Gasteiger partial charge in [-0.2, -0.15) is 5.10 Å². The maximum atomic E-state index is 13.2. The number of amides is 1. The average molecular weight is 368 g/mol. The smallest absolute Gasteiger partial charge is 0.272 e. The van der Waals surface area contributed by atoms with Crippen LogP contribution in [0.25, 0.3) is 28.2 Å². The van der Waals surface area contributed by atoms with Crippen LogP contribution in [-0.2, 0) is 0 Å². The maximum absolute atomic E-state index is 13.2. The van der Waals surface area contributed by atoms with Crippen molar-refractivity contribution in [2.24, 2.45) is 0 Å². The van der Waals surface area contributed by atoms with Crippen molar-refractivity contribution >= 4 is 11.6 Å². The molecular weight excluding hydrogens is 348 g/mol. The van der Waals surface area contributed by atoms with Gasteiger partial charge in [0.2, 0.25) is 0 Å². The number of carbonyl (C=O) groups excluding carboxylic acids is 1. The molecule has 0 saturated carbocycles. The van der Waals surface area contributed by atoms with Crippen molar-refractivity contribution in [1.82, 2.24) is 19.5 Å². The topological polar surface area (TPSA) is 50.5 Å². The minimum absolute atomic E-state index is 0.0183. The highest BCUT2D eigenvalue weighted by atomic mass is 16.2. The Labute approximate surface area is 163 Å². The third-order valence-corrected chi connectivity index (χ3v) is 5.18. The first-order chi connectivity index (χ1) is 13.8. The van der Waals surface area contributed by atoms with Gasteiger partial charge in [-0.3, -0.25) is 4.79 Å². The summed E-state index contributed by atoms with van der Waals surface area (Å²) in [6.07, 6.45) is 2.11. The highest BCUT2D eigenvalue weighted by Gasteiger charge is 2.24. The summed E-state index contributed by atoms with van der Waals surface area (Å²) >= 11 is 0. The van der Waals surface area contributed by atoms with E-state index in [4.69, 9.17) is 10.1 Å². The van der Waals surface area contributed by atoms with Crippen LogP contribution in [0.2, 0.25) is 0 Å². The monoisotopic (exact) mass is 368 g/mol. The van der Waals surface area contributed by atoms with E-state index in [1.165, 1.54) is 0 Å². The molecule has 5 nitrogen and oxygen atoms in total. The summed E-state index contributed by atoms with van der Waals surface area (Å²) in [5.74, 6) is 0.0183. The van der Waals surface area contributed by atoms with Gasteiger partial charge in [0.15, 0.2) is 5.65 Å². The Morgan fingerprint density at radius 1 is 0.786 bits per heavy atom. The van der Waals surface area contributed by atoms with Gasteiger partial charge >= 0.3 is 0 Å². The van der Waals surface area contributed by atoms with Crippen molar-refractivity contribution in [3.05, 3.63) is 78.5 Å². The fourth-order valence-electron chi connectivity index (χ4n) is 3.72. The lowest BCUT2D eigenvalue weighted by Gasteiger charge is -2.16. The summed E-state index contributed by atoms with van der Waals surface area (Å²) in [6, 6.07) is 23.8. The van der Waals surface area contributed by atoms with Gasteiger partial charge in [0, 0.05) is 30.3 Å². The molecule has 3 heterocycles. The molecule has 2 aromatic carbocycles. The number of nitrogens with zero attached hydrogens (tertiary/aromatic N) is 4.